The molecule has 2 unspecified atom stereocenters. The molecule has 5 heteroatoms. The Morgan fingerprint density at radius 2 is 2.11 bits per heavy atom. The van der Waals surface area contributed by atoms with Crippen LogP contribution in [0.5, 0.6) is 0 Å². The van der Waals surface area contributed by atoms with Gasteiger partial charge in [-0.05, 0) is 25.8 Å². The van der Waals surface area contributed by atoms with Crippen molar-refractivity contribution >= 4 is 17.7 Å². The Morgan fingerprint density at radius 3 is 2.68 bits per heavy atom. The Morgan fingerprint density at radius 1 is 1.42 bits per heavy atom. The molecule has 1 saturated carbocycles. The summed E-state index contributed by atoms with van der Waals surface area (Å²) < 4.78 is 10.7. The first-order chi connectivity index (χ1) is 9.11. The number of alkyl carbamates (subject to hydrolysis) is 1. The molecule has 19 heavy (non-hydrogen) atoms. The number of benzene rings is 1. The van der Waals surface area contributed by atoms with Crippen LogP contribution in [0.2, 0.25) is 5.02 Å². The number of hydrogen-bond acceptors (Lipinski definition) is 3. The summed E-state index contributed by atoms with van der Waals surface area (Å²) in [4.78, 5) is 11.6. The molecule has 2 rings (SSSR count). The van der Waals surface area contributed by atoms with Gasteiger partial charge in [0.2, 0.25) is 0 Å². The number of halogens is 1. The molecule has 2 atom stereocenters. The van der Waals surface area contributed by atoms with Crippen molar-refractivity contribution in [3.05, 3.63) is 34.9 Å². The predicted octanol–water partition coefficient (Wildman–Crippen LogP) is 3.30. The number of carbonyl (C=O) groups is 1. The van der Waals surface area contributed by atoms with Crippen LogP contribution in [0.25, 0.3) is 0 Å². The van der Waals surface area contributed by atoms with E-state index >= 15 is 0 Å². The lowest BCUT2D eigenvalue weighted by Gasteiger charge is -2.24. The molecule has 0 radical (unpaired) electrons. The zero-order valence-corrected chi connectivity index (χ0v) is 11.8. The first-order valence-electron chi connectivity index (χ1n) is 6.36. The van der Waals surface area contributed by atoms with E-state index in [1.807, 2.05) is 18.2 Å². The predicted molar refractivity (Wildman–Crippen MR) is 73.3 cm³/mol. The number of nitrogens with one attached hydrogen (secondary N) is 1. The van der Waals surface area contributed by atoms with Gasteiger partial charge in [0.05, 0.1) is 0 Å². The fraction of sp³-hybridized carbons (Fsp3) is 0.500. The number of ether oxygens (including phenoxy) is 2. The van der Waals surface area contributed by atoms with Crippen LogP contribution in [0.3, 0.4) is 0 Å². The second-order valence-electron chi connectivity index (χ2n) is 4.71. The van der Waals surface area contributed by atoms with Gasteiger partial charge in [-0.1, -0.05) is 29.8 Å². The zero-order chi connectivity index (χ0) is 13.8. The van der Waals surface area contributed by atoms with Gasteiger partial charge in [-0.25, -0.2) is 4.79 Å². The maximum absolute atomic E-state index is 11.6. The number of hydrogen-bond donors (Lipinski definition) is 1. The van der Waals surface area contributed by atoms with Gasteiger partial charge >= 0.3 is 6.09 Å². The van der Waals surface area contributed by atoms with Crippen molar-refractivity contribution in [1.82, 2.24) is 5.32 Å². The third-order valence-corrected chi connectivity index (χ3v) is 3.43. The van der Waals surface area contributed by atoms with E-state index in [-0.39, 0.29) is 12.1 Å². The molecule has 0 saturated heterocycles. The van der Waals surface area contributed by atoms with Gasteiger partial charge in [0.15, 0.2) is 0 Å². The monoisotopic (exact) mass is 283 g/mol. The first kappa shape index (κ1) is 14.2. The van der Waals surface area contributed by atoms with Crippen molar-refractivity contribution in [3.63, 3.8) is 0 Å². The Hall–Kier alpha value is -1.26. The van der Waals surface area contributed by atoms with Crippen molar-refractivity contribution in [3.8, 4) is 0 Å². The van der Waals surface area contributed by atoms with E-state index in [4.69, 9.17) is 21.1 Å². The van der Waals surface area contributed by atoms with Gasteiger partial charge < -0.3 is 14.8 Å². The molecule has 1 fully saturated rings. The second-order valence-corrected chi connectivity index (χ2v) is 5.11. The molecular formula is C14H18ClNO3. The van der Waals surface area contributed by atoms with Crippen LogP contribution in [-0.2, 0) is 9.47 Å². The van der Waals surface area contributed by atoms with Gasteiger partial charge in [-0.15, -0.1) is 0 Å². The van der Waals surface area contributed by atoms with Crippen LogP contribution in [-0.4, -0.2) is 25.3 Å². The van der Waals surface area contributed by atoms with E-state index < -0.39 is 12.2 Å². The second kappa shape index (κ2) is 6.26. The summed E-state index contributed by atoms with van der Waals surface area (Å²) in [7, 11) is 1.58. The van der Waals surface area contributed by atoms with Crippen LogP contribution in [0.1, 0.15) is 31.4 Å². The lowest BCUT2D eigenvalue weighted by Crippen LogP contribution is -2.32. The topological polar surface area (TPSA) is 47.6 Å². The highest BCUT2D eigenvalue weighted by molar-refractivity contribution is 6.31. The Labute approximate surface area is 118 Å². The van der Waals surface area contributed by atoms with Gasteiger partial charge in [-0.2, -0.15) is 0 Å². The van der Waals surface area contributed by atoms with Crippen LogP contribution in [0.4, 0.5) is 4.79 Å². The molecule has 1 aliphatic carbocycles. The number of carbonyl (C=O) groups excluding carboxylic acids is 1. The lowest BCUT2D eigenvalue weighted by atomic mass is 10.1. The summed E-state index contributed by atoms with van der Waals surface area (Å²) in [6, 6.07) is 7.67. The van der Waals surface area contributed by atoms with E-state index in [0.717, 1.165) is 18.4 Å². The van der Waals surface area contributed by atoms with Crippen LogP contribution < -0.4 is 5.32 Å². The third kappa shape index (κ3) is 3.85. The average Bonchev–Trinajstić information content (AvgIpc) is 3.16. The van der Waals surface area contributed by atoms with Crippen LogP contribution >= 0.6 is 11.6 Å². The van der Waals surface area contributed by atoms with Gasteiger partial charge in [0, 0.05) is 23.7 Å². The number of methoxy groups -OCH3 is 1. The SMILES string of the molecule is COC(c1ccccc1Cl)C(C)OC(=O)NC1CC1. The van der Waals surface area contributed by atoms with Crippen LogP contribution in [0.15, 0.2) is 24.3 Å². The molecule has 1 aromatic rings. The normalized spacial score (nSPS) is 17.6. The minimum absolute atomic E-state index is 0.279. The van der Waals surface area contributed by atoms with Crippen LogP contribution in [0, 0.1) is 0 Å². The number of rotatable bonds is 5. The molecule has 104 valence electrons. The highest BCUT2D eigenvalue weighted by atomic mass is 35.5. The van der Waals surface area contributed by atoms with E-state index in [1.54, 1.807) is 20.1 Å². The molecule has 1 aliphatic rings. The molecular weight excluding hydrogens is 266 g/mol. The summed E-state index contributed by atoms with van der Waals surface area (Å²) >= 11 is 6.14. The maximum atomic E-state index is 11.6. The summed E-state index contributed by atoms with van der Waals surface area (Å²) in [5.74, 6) is 0. The number of amides is 1. The molecule has 1 amide bonds. The van der Waals surface area contributed by atoms with Gasteiger partial charge in [-0.3, -0.25) is 0 Å². The van der Waals surface area contributed by atoms with E-state index in [0.29, 0.717) is 5.02 Å². The fourth-order valence-corrected chi connectivity index (χ4v) is 2.18. The summed E-state index contributed by atoms with van der Waals surface area (Å²) in [6.07, 6.45) is 0.870. The molecule has 0 aromatic heterocycles. The van der Waals surface area contributed by atoms with Crippen molar-refractivity contribution < 1.29 is 14.3 Å². The first-order valence-corrected chi connectivity index (χ1v) is 6.74. The molecule has 0 aliphatic heterocycles. The lowest BCUT2D eigenvalue weighted by molar-refractivity contribution is -0.0149. The van der Waals surface area contributed by atoms with E-state index in [9.17, 15) is 4.79 Å². The van der Waals surface area contributed by atoms with Crippen molar-refractivity contribution in [2.24, 2.45) is 0 Å². The molecule has 1 aromatic carbocycles. The van der Waals surface area contributed by atoms with Gasteiger partial charge in [0.1, 0.15) is 12.2 Å². The van der Waals surface area contributed by atoms with E-state index in [2.05, 4.69) is 5.32 Å². The smallest absolute Gasteiger partial charge is 0.407 e. The quantitative estimate of drug-likeness (QED) is 0.902. The largest absolute Gasteiger partial charge is 0.443 e. The maximum Gasteiger partial charge on any atom is 0.407 e. The third-order valence-electron chi connectivity index (χ3n) is 3.08. The molecule has 0 heterocycles. The summed E-state index contributed by atoms with van der Waals surface area (Å²) in [6.45, 7) is 1.80. The summed E-state index contributed by atoms with van der Waals surface area (Å²) in [5, 5.41) is 3.38. The molecule has 1 N–H and O–H groups in total. The summed E-state index contributed by atoms with van der Waals surface area (Å²) in [5.41, 5.74) is 0.818. The van der Waals surface area contributed by atoms with Gasteiger partial charge in [0.25, 0.3) is 0 Å². The van der Waals surface area contributed by atoms with Crippen molar-refractivity contribution in [1.29, 1.82) is 0 Å². The highest BCUT2D eigenvalue weighted by Gasteiger charge is 2.28. The average molecular weight is 284 g/mol. The Kier molecular flexibility index (Phi) is 4.66. The van der Waals surface area contributed by atoms with Crippen molar-refractivity contribution in [2.75, 3.05) is 7.11 Å². The Bertz CT molecular complexity index is 448. The zero-order valence-electron chi connectivity index (χ0n) is 11.1. The highest BCUT2D eigenvalue weighted by Crippen LogP contribution is 2.29. The fourth-order valence-electron chi connectivity index (χ4n) is 1.94. The molecule has 0 bridgehead atoms. The van der Waals surface area contributed by atoms with E-state index in [1.165, 1.54) is 0 Å². The Balaban J connectivity index is 1.99. The minimum Gasteiger partial charge on any atom is -0.443 e. The molecule has 4 nitrogen and oxygen atoms in total. The molecule has 0 spiro atoms. The van der Waals surface area contributed by atoms with Crippen molar-refractivity contribution in [2.45, 2.75) is 38.0 Å². The minimum atomic E-state index is -0.413. The standard InChI is InChI=1S/C14H18ClNO3/c1-9(19-14(17)16-10-7-8-10)13(18-2)11-5-3-4-6-12(11)15/h3-6,9-10,13H,7-8H2,1-2H3,(H,16,17).